The lowest BCUT2D eigenvalue weighted by molar-refractivity contribution is 0.0954. The highest BCUT2D eigenvalue weighted by Gasteiger charge is 2.04. The summed E-state index contributed by atoms with van der Waals surface area (Å²) in [5, 5.41) is 12.0. The van der Waals surface area contributed by atoms with Crippen LogP contribution in [0.3, 0.4) is 0 Å². The molecule has 3 N–H and O–H groups in total. The van der Waals surface area contributed by atoms with E-state index in [4.69, 9.17) is 11.6 Å². The van der Waals surface area contributed by atoms with E-state index in [1.165, 1.54) is 4.88 Å². The van der Waals surface area contributed by atoms with Crippen molar-refractivity contribution in [2.24, 2.45) is 4.99 Å². The van der Waals surface area contributed by atoms with Crippen molar-refractivity contribution in [3.8, 4) is 0 Å². The van der Waals surface area contributed by atoms with E-state index in [0.717, 1.165) is 25.5 Å². The van der Waals surface area contributed by atoms with Crippen LogP contribution in [0.5, 0.6) is 0 Å². The van der Waals surface area contributed by atoms with Crippen LogP contribution in [0.1, 0.15) is 22.2 Å². The number of amides is 1. The molecule has 0 aliphatic heterocycles. The number of nitrogens with zero attached hydrogens (tertiary/aromatic N) is 1. The van der Waals surface area contributed by atoms with Gasteiger partial charge in [-0.3, -0.25) is 9.79 Å². The summed E-state index contributed by atoms with van der Waals surface area (Å²) in [6, 6.07) is 11.0. The second-order valence-corrected chi connectivity index (χ2v) is 6.75. The molecule has 0 aliphatic rings. The summed E-state index contributed by atoms with van der Waals surface area (Å²) in [6.45, 7) is 4.66. The first-order valence-electron chi connectivity index (χ1n) is 8.27. The summed E-state index contributed by atoms with van der Waals surface area (Å²) in [7, 11) is 0. The van der Waals surface area contributed by atoms with Gasteiger partial charge in [-0.2, -0.15) is 0 Å². The first-order chi connectivity index (χ1) is 12.2. The lowest BCUT2D eigenvalue weighted by Gasteiger charge is -2.12. The molecule has 142 valence electrons. The van der Waals surface area contributed by atoms with Gasteiger partial charge in [0.15, 0.2) is 5.96 Å². The van der Waals surface area contributed by atoms with Crippen molar-refractivity contribution in [3.05, 3.63) is 57.2 Å². The van der Waals surface area contributed by atoms with Crippen molar-refractivity contribution in [3.63, 3.8) is 0 Å². The van der Waals surface area contributed by atoms with E-state index < -0.39 is 0 Å². The molecule has 0 spiro atoms. The van der Waals surface area contributed by atoms with Crippen molar-refractivity contribution in [2.75, 3.05) is 26.2 Å². The molecule has 0 bridgehead atoms. The maximum Gasteiger partial charge on any atom is 0.251 e. The number of hydrogen-bond donors (Lipinski definition) is 3. The van der Waals surface area contributed by atoms with Crippen LogP contribution < -0.4 is 16.0 Å². The minimum atomic E-state index is -0.113. The van der Waals surface area contributed by atoms with Gasteiger partial charge in [0.25, 0.3) is 5.91 Å². The Hall–Kier alpha value is -1.32. The zero-order valence-corrected chi connectivity index (χ0v) is 18.5. The first-order valence-corrected chi connectivity index (χ1v) is 9.53. The summed E-state index contributed by atoms with van der Waals surface area (Å²) in [6.07, 6.45) is 0.932. The molecule has 1 aromatic heterocycles. The van der Waals surface area contributed by atoms with Crippen molar-refractivity contribution >= 4 is 58.8 Å². The highest BCUT2D eigenvalue weighted by atomic mass is 127. The Morgan fingerprint density at radius 3 is 2.50 bits per heavy atom. The summed E-state index contributed by atoms with van der Waals surface area (Å²) < 4.78 is 0. The molecular formula is C18H24ClIN4OS. The second kappa shape index (κ2) is 12.9. The Bertz CT molecular complexity index is 677. The smallest absolute Gasteiger partial charge is 0.251 e. The molecule has 1 heterocycles. The van der Waals surface area contributed by atoms with E-state index in [-0.39, 0.29) is 29.9 Å². The molecule has 5 nitrogen and oxygen atoms in total. The standard InChI is InChI=1S/C18H23ClN4OS.HI/c1-2-20-18(22-10-9-16-4-3-13-25-16)23-12-11-21-17(24)14-5-7-15(19)8-6-14;/h3-8,13H,2,9-12H2,1H3,(H,21,24)(H2,20,22,23);1H. The topological polar surface area (TPSA) is 65.5 Å². The fourth-order valence-corrected chi connectivity index (χ4v) is 2.96. The van der Waals surface area contributed by atoms with E-state index in [9.17, 15) is 4.79 Å². The largest absolute Gasteiger partial charge is 0.357 e. The second-order valence-electron chi connectivity index (χ2n) is 5.28. The SMILES string of the molecule is CCNC(=NCCc1cccs1)NCCNC(=O)c1ccc(Cl)cc1.I. The minimum Gasteiger partial charge on any atom is -0.357 e. The molecule has 8 heteroatoms. The van der Waals surface area contributed by atoms with E-state index in [2.05, 4.69) is 38.5 Å². The van der Waals surface area contributed by atoms with Gasteiger partial charge in [-0.1, -0.05) is 17.7 Å². The number of rotatable bonds is 8. The maximum absolute atomic E-state index is 12.0. The van der Waals surface area contributed by atoms with E-state index in [0.29, 0.717) is 23.7 Å². The van der Waals surface area contributed by atoms with Crippen LogP contribution in [0.4, 0.5) is 0 Å². The Kier molecular flexibility index (Phi) is 11.3. The first kappa shape index (κ1) is 22.7. The number of aliphatic imine (C=N–C) groups is 1. The summed E-state index contributed by atoms with van der Waals surface area (Å²) in [5.74, 6) is 0.651. The molecule has 0 aliphatic carbocycles. The van der Waals surface area contributed by atoms with E-state index >= 15 is 0 Å². The third-order valence-electron chi connectivity index (χ3n) is 3.36. The van der Waals surface area contributed by atoms with Gasteiger partial charge in [0.1, 0.15) is 0 Å². The minimum absolute atomic E-state index is 0. The molecule has 0 atom stereocenters. The third kappa shape index (κ3) is 8.37. The van der Waals surface area contributed by atoms with Crippen molar-refractivity contribution in [1.29, 1.82) is 0 Å². The van der Waals surface area contributed by atoms with Crippen molar-refractivity contribution in [1.82, 2.24) is 16.0 Å². The van der Waals surface area contributed by atoms with Crippen LogP contribution >= 0.6 is 46.9 Å². The van der Waals surface area contributed by atoms with Crippen LogP contribution in [0.2, 0.25) is 5.02 Å². The van der Waals surface area contributed by atoms with Crippen molar-refractivity contribution in [2.45, 2.75) is 13.3 Å². The number of guanidine groups is 1. The lowest BCUT2D eigenvalue weighted by Crippen LogP contribution is -2.41. The zero-order valence-electron chi connectivity index (χ0n) is 14.6. The van der Waals surface area contributed by atoms with Crippen LogP contribution in [0, 0.1) is 0 Å². The summed E-state index contributed by atoms with van der Waals surface area (Å²) >= 11 is 7.57. The molecule has 1 aromatic carbocycles. The molecule has 2 aromatic rings. The molecule has 2 rings (SSSR count). The Morgan fingerprint density at radius 2 is 1.85 bits per heavy atom. The molecule has 1 amide bonds. The van der Waals surface area contributed by atoms with Gasteiger partial charge < -0.3 is 16.0 Å². The number of halogens is 2. The number of thiophene rings is 1. The van der Waals surface area contributed by atoms with E-state index in [1.54, 1.807) is 35.6 Å². The fraction of sp³-hybridized carbons (Fsp3) is 0.333. The molecule has 0 fully saturated rings. The van der Waals surface area contributed by atoms with Gasteiger partial charge in [-0.15, -0.1) is 35.3 Å². The van der Waals surface area contributed by atoms with Gasteiger partial charge in [0.2, 0.25) is 0 Å². The van der Waals surface area contributed by atoms with Crippen LogP contribution in [-0.4, -0.2) is 38.0 Å². The molecule has 0 unspecified atom stereocenters. The predicted molar refractivity (Wildman–Crippen MR) is 121 cm³/mol. The van der Waals surface area contributed by atoms with Gasteiger partial charge in [0.05, 0.1) is 0 Å². The molecule has 26 heavy (non-hydrogen) atoms. The zero-order chi connectivity index (χ0) is 17.9. The van der Waals surface area contributed by atoms with Gasteiger partial charge in [-0.25, -0.2) is 0 Å². The van der Waals surface area contributed by atoms with E-state index in [1.807, 2.05) is 6.92 Å². The monoisotopic (exact) mass is 506 g/mol. The number of hydrogen-bond acceptors (Lipinski definition) is 3. The fourth-order valence-electron chi connectivity index (χ4n) is 2.13. The molecule has 0 radical (unpaired) electrons. The molecule has 0 saturated heterocycles. The average molecular weight is 507 g/mol. The average Bonchev–Trinajstić information content (AvgIpc) is 3.12. The van der Waals surface area contributed by atoms with Crippen molar-refractivity contribution < 1.29 is 4.79 Å². The number of carbonyl (C=O) groups is 1. The highest BCUT2D eigenvalue weighted by molar-refractivity contribution is 14.0. The number of nitrogens with one attached hydrogen (secondary N) is 3. The normalized spacial score (nSPS) is 10.8. The third-order valence-corrected chi connectivity index (χ3v) is 4.55. The van der Waals surface area contributed by atoms with Gasteiger partial charge in [-0.05, 0) is 42.6 Å². The van der Waals surface area contributed by atoms with Crippen LogP contribution in [0.15, 0.2) is 46.8 Å². The number of carbonyl (C=O) groups excluding carboxylic acids is 1. The Balaban J connectivity index is 0.00000338. The Morgan fingerprint density at radius 1 is 1.12 bits per heavy atom. The Labute approximate surface area is 180 Å². The lowest BCUT2D eigenvalue weighted by atomic mass is 10.2. The van der Waals surface area contributed by atoms with Gasteiger partial charge >= 0.3 is 0 Å². The van der Waals surface area contributed by atoms with Gasteiger partial charge in [0, 0.05) is 48.1 Å². The quantitative estimate of drug-likeness (QED) is 0.222. The summed E-state index contributed by atoms with van der Waals surface area (Å²) in [4.78, 5) is 17.9. The maximum atomic E-state index is 12.0. The highest BCUT2D eigenvalue weighted by Crippen LogP contribution is 2.09. The van der Waals surface area contributed by atoms with Crippen LogP contribution in [-0.2, 0) is 6.42 Å². The van der Waals surface area contributed by atoms with Crippen LogP contribution in [0.25, 0.3) is 0 Å². The number of benzene rings is 1. The molecule has 0 saturated carbocycles. The summed E-state index contributed by atoms with van der Waals surface area (Å²) in [5.41, 5.74) is 0.598. The predicted octanol–water partition coefficient (Wildman–Crippen LogP) is 3.55. The molecular weight excluding hydrogens is 483 g/mol.